The van der Waals surface area contributed by atoms with Crippen LogP contribution in [0.2, 0.25) is 5.02 Å². The molecule has 29 heavy (non-hydrogen) atoms. The van der Waals surface area contributed by atoms with Gasteiger partial charge in [-0.1, -0.05) is 41.9 Å². The minimum atomic E-state index is -4.62. The maximum atomic E-state index is 12.7. The lowest BCUT2D eigenvalue weighted by atomic mass is 10.2. The summed E-state index contributed by atoms with van der Waals surface area (Å²) in [6.07, 6.45) is -2.99. The predicted molar refractivity (Wildman–Crippen MR) is 100.0 cm³/mol. The van der Waals surface area contributed by atoms with Gasteiger partial charge in [-0.25, -0.2) is 15.0 Å². The largest absolute Gasteiger partial charge is 0.417 e. The standard InChI is InChI=1S/C17H12ClF3N6O2/c18-12-6-11(17(19,20)21)8-23-14(12)26-16-13(27(28)29)15(24-9-25-16)22-7-10-4-2-1-3-5-10/h1-6,8-9H,7H2,(H2,22,23,24,25,26). The van der Waals surface area contributed by atoms with Crippen molar-refractivity contribution in [3.05, 3.63) is 75.2 Å². The van der Waals surface area contributed by atoms with Crippen LogP contribution in [-0.4, -0.2) is 19.9 Å². The SMILES string of the molecule is O=[N+]([O-])c1c(NCc2ccccc2)ncnc1Nc1ncc(C(F)(F)F)cc1Cl. The van der Waals surface area contributed by atoms with Crippen molar-refractivity contribution in [2.24, 2.45) is 0 Å². The average molecular weight is 425 g/mol. The number of pyridine rings is 1. The number of halogens is 4. The van der Waals surface area contributed by atoms with Gasteiger partial charge in [0.25, 0.3) is 0 Å². The predicted octanol–water partition coefficient (Wildman–Crippen LogP) is 4.81. The molecule has 0 aliphatic rings. The fourth-order valence-corrected chi connectivity index (χ4v) is 2.56. The highest BCUT2D eigenvalue weighted by molar-refractivity contribution is 6.33. The van der Waals surface area contributed by atoms with E-state index in [4.69, 9.17) is 11.6 Å². The lowest BCUT2D eigenvalue weighted by molar-refractivity contribution is -0.383. The molecule has 12 heteroatoms. The maximum absolute atomic E-state index is 12.7. The topological polar surface area (TPSA) is 106 Å². The Labute approximate surface area is 166 Å². The molecule has 2 heterocycles. The molecule has 0 bridgehead atoms. The molecule has 2 N–H and O–H groups in total. The Morgan fingerprint density at radius 3 is 2.38 bits per heavy atom. The average Bonchev–Trinajstić information content (AvgIpc) is 2.67. The Bertz CT molecular complexity index is 1030. The van der Waals surface area contributed by atoms with Crippen LogP contribution in [0.5, 0.6) is 0 Å². The number of nitrogens with one attached hydrogen (secondary N) is 2. The van der Waals surface area contributed by atoms with Crippen molar-refractivity contribution in [3.63, 3.8) is 0 Å². The smallest absolute Gasteiger partial charge is 0.360 e. The molecule has 0 unspecified atom stereocenters. The third kappa shape index (κ3) is 4.88. The molecule has 2 aromatic heterocycles. The number of benzene rings is 1. The number of nitrogens with zero attached hydrogens (tertiary/aromatic N) is 4. The monoisotopic (exact) mass is 424 g/mol. The fraction of sp³-hybridized carbons (Fsp3) is 0.118. The Kier molecular flexibility index (Phi) is 5.78. The van der Waals surface area contributed by atoms with Gasteiger partial charge in [0.1, 0.15) is 6.33 Å². The first kappa shape index (κ1) is 20.3. The van der Waals surface area contributed by atoms with E-state index in [1.165, 1.54) is 0 Å². The molecule has 0 aliphatic carbocycles. The summed E-state index contributed by atoms with van der Waals surface area (Å²) in [6.45, 7) is 0.261. The van der Waals surface area contributed by atoms with E-state index < -0.39 is 22.4 Å². The van der Waals surface area contributed by atoms with Crippen LogP contribution in [0, 0.1) is 10.1 Å². The van der Waals surface area contributed by atoms with Crippen LogP contribution in [0.4, 0.5) is 36.3 Å². The Morgan fingerprint density at radius 2 is 1.76 bits per heavy atom. The van der Waals surface area contributed by atoms with Crippen molar-refractivity contribution in [3.8, 4) is 0 Å². The summed E-state index contributed by atoms with van der Waals surface area (Å²) < 4.78 is 38.2. The number of anilines is 3. The van der Waals surface area contributed by atoms with Crippen LogP contribution in [-0.2, 0) is 12.7 Å². The first-order valence-corrected chi connectivity index (χ1v) is 8.40. The molecule has 0 fully saturated rings. The van der Waals surface area contributed by atoms with Gasteiger partial charge in [-0.3, -0.25) is 10.1 Å². The van der Waals surface area contributed by atoms with Gasteiger partial charge in [0.2, 0.25) is 11.6 Å². The van der Waals surface area contributed by atoms with Gasteiger partial charge in [-0.2, -0.15) is 13.2 Å². The minimum Gasteiger partial charge on any atom is -0.360 e. The van der Waals surface area contributed by atoms with Crippen LogP contribution < -0.4 is 10.6 Å². The van der Waals surface area contributed by atoms with Gasteiger partial charge < -0.3 is 10.6 Å². The molecule has 0 atom stereocenters. The summed E-state index contributed by atoms with van der Waals surface area (Å²) in [5.74, 6) is -0.551. The second-order valence-corrected chi connectivity index (χ2v) is 6.10. The van der Waals surface area contributed by atoms with Gasteiger partial charge in [-0.15, -0.1) is 0 Å². The van der Waals surface area contributed by atoms with E-state index in [-0.39, 0.29) is 29.0 Å². The quantitative estimate of drug-likeness (QED) is 0.432. The summed E-state index contributed by atoms with van der Waals surface area (Å²) in [6, 6.07) is 9.78. The molecule has 0 radical (unpaired) electrons. The summed E-state index contributed by atoms with van der Waals surface area (Å²) in [5, 5.41) is 16.5. The number of rotatable bonds is 6. The van der Waals surface area contributed by atoms with Gasteiger partial charge in [-0.05, 0) is 11.6 Å². The number of alkyl halides is 3. The molecule has 8 nitrogen and oxygen atoms in total. The van der Waals surface area contributed by atoms with Gasteiger partial charge in [0.15, 0.2) is 5.82 Å². The molecule has 0 saturated heterocycles. The van der Waals surface area contributed by atoms with Crippen molar-refractivity contribution < 1.29 is 18.1 Å². The molecule has 0 aliphatic heterocycles. The van der Waals surface area contributed by atoms with Crippen LogP contribution in [0.1, 0.15) is 11.1 Å². The van der Waals surface area contributed by atoms with Crippen molar-refractivity contribution in [1.29, 1.82) is 0 Å². The molecule has 0 spiro atoms. The van der Waals surface area contributed by atoms with E-state index in [1.807, 2.05) is 30.3 Å². The molecular weight excluding hydrogens is 413 g/mol. The normalized spacial score (nSPS) is 11.2. The van der Waals surface area contributed by atoms with Gasteiger partial charge in [0, 0.05) is 12.7 Å². The number of hydrogen-bond acceptors (Lipinski definition) is 7. The van der Waals surface area contributed by atoms with Crippen LogP contribution in [0.3, 0.4) is 0 Å². The van der Waals surface area contributed by atoms with Crippen LogP contribution >= 0.6 is 11.6 Å². The molecule has 3 rings (SSSR count). The summed E-state index contributed by atoms with van der Waals surface area (Å²) >= 11 is 5.84. The zero-order valence-corrected chi connectivity index (χ0v) is 15.2. The minimum absolute atomic E-state index is 0.0700. The first-order valence-electron chi connectivity index (χ1n) is 8.02. The Morgan fingerprint density at radius 1 is 1.07 bits per heavy atom. The van der Waals surface area contributed by atoms with E-state index in [0.717, 1.165) is 11.9 Å². The third-order valence-corrected chi connectivity index (χ3v) is 4.00. The van der Waals surface area contributed by atoms with Crippen molar-refractivity contribution >= 4 is 34.7 Å². The highest BCUT2D eigenvalue weighted by Gasteiger charge is 2.32. The van der Waals surface area contributed by atoms with Gasteiger partial charge >= 0.3 is 11.9 Å². The second kappa shape index (κ2) is 8.27. The molecule has 1 aromatic carbocycles. The first-order chi connectivity index (χ1) is 13.8. The molecule has 0 saturated carbocycles. The fourth-order valence-electron chi connectivity index (χ4n) is 2.35. The highest BCUT2D eigenvalue weighted by Crippen LogP contribution is 2.35. The lowest BCUT2D eigenvalue weighted by Crippen LogP contribution is -2.10. The maximum Gasteiger partial charge on any atom is 0.417 e. The van der Waals surface area contributed by atoms with Gasteiger partial charge in [0.05, 0.1) is 15.5 Å². The van der Waals surface area contributed by atoms with Crippen molar-refractivity contribution in [2.45, 2.75) is 12.7 Å². The van der Waals surface area contributed by atoms with E-state index in [9.17, 15) is 23.3 Å². The molecular formula is C17H12ClF3N6O2. The second-order valence-electron chi connectivity index (χ2n) is 5.69. The zero-order chi connectivity index (χ0) is 21.0. The third-order valence-electron chi connectivity index (χ3n) is 3.71. The molecule has 3 aromatic rings. The molecule has 0 amide bonds. The highest BCUT2D eigenvalue weighted by atomic mass is 35.5. The number of aromatic nitrogens is 3. The van der Waals surface area contributed by atoms with E-state index in [0.29, 0.717) is 12.3 Å². The molecule has 150 valence electrons. The van der Waals surface area contributed by atoms with Crippen LogP contribution in [0.25, 0.3) is 0 Å². The van der Waals surface area contributed by atoms with E-state index >= 15 is 0 Å². The zero-order valence-electron chi connectivity index (χ0n) is 14.4. The number of nitro groups is 1. The Hall–Kier alpha value is -3.47. The van der Waals surface area contributed by atoms with Crippen molar-refractivity contribution in [2.75, 3.05) is 10.6 Å². The lowest BCUT2D eigenvalue weighted by Gasteiger charge is -2.12. The Balaban J connectivity index is 1.89. The summed E-state index contributed by atoms with van der Waals surface area (Å²) in [4.78, 5) is 22.1. The van der Waals surface area contributed by atoms with Crippen LogP contribution in [0.15, 0.2) is 48.9 Å². The van der Waals surface area contributed by atoms with E-state index in [1.54, 1.807) is 0 Å². The van der Waals surface area contributed by atoms with Crippen molar-refractivity contribution in [1.82, 2.24) is 15.0 Å². The summed E-state index contributed by atoms with van der Waals surface area (Å²) in [7, 11) is 0. The van der Waals surface area contributed by atoms with E-state index in [2.05, 4.69) is 25.6 Å². The summed E-state index contributed by atoms with van der Waals surface area (Å²) in [5.41, 5.74) is -0.681. The number of hydrogen-bond donors (Lipinski definition) is 2.